The van der Waals surface area contributed by atoms with Crippen LogP contribution in [-0.4, -0.2) is 6.29 Å². The van der Waals surface area contributed by atoms with E-state index in [1.54, 1.807) is 0 Å². The van der Waals surface area contributed by atoms with Gasteiger partial charge in [0.2, 0.25) is 0 Å². The molecule has 118 valence electrons. The maximum Gasteiger partial charge on any atom is 0.145 e. The summed E-state index contributed by atoms with van der Waals surface area (Å²) in [5.74, 6) is 2.67. The summed E-state index contributed by atoms with van der Waals surface area (Å²) >= 11 is 0. The zero-order chi connectivity index (χ0) is 15.6. The zero-order valence-electron chi connectivity index (χ0n) is 14.5. The number of aldehydes is 1. The van der Waals surface area contributed by atoms with Crippen molar-refractivity contribution in [1.29, 1.82) is 0 Å². The van der Waals surface area contributed by atoms with E-state index in [9.17, 15) is 4.79 Å². The highest BCUT2D eigenvalue weighted by atomic mass is 16.1. The first-order valence-corrected chi connectivity index (χ1v) is 8.76. The molecule has 0 aromatic carbocycles. The van der Waals surface area contributed by atoms with Crippen molar-refractivity contribution in [2.24, 2.45) is 29.1 Å². The van der Waals surface area contributed by atoms with Crippen LogP contribution in [0.5, 0.6) is 0 Å². The summed E-state index contributed by atoms with van der Waals surface area (Å²) in [6.07, 6.45) is 11.8. The highest BCUT2D eigenvalue weighted by Crippen LogP contribution is 2.57. The number of hydrogen-bond acceptors (Lipinski definition) is 1. The molecular weight excluding hydrogens is 256 g/mol. The summed E-state index contributed by atoms with van der Waals surface area (Å²) in [6, 6.07) is 0. The van der Waals surface area contributed by atoms with Crippen LogP contribution < -0.4 is 0 Å². The molecule has 1 nitrogen and oxygen atoms in total. The van der Waals surface area contributed by atoms with Crippen LogP contribution in [0.4, 0.5) is 0 Å². The van der Waals surface area contributed by atoms with Gasteiger partial charge >= 0.3 is 0 Å². The monoisotopic (exact) mass is 288 g/mol. The van der Waals surface area contributed by atoms with Gasteiger partial charge in [-0.05, 0) is 66.8 Å². The van der Waals surface area contributed by atoms with Gasteiger partial charge in [0.25, 0.3) is 0 Å². The maximum absolute atomic E-state index is 11.3. The molecular formula is C20H32O. The quantitative estimate of drug-likeness (QED) is 0.477. The topological polar surface area (TPSA) is 17.1 Å². The second kappa shape index (κ2) is 6.50. The molecule has 21 heavy (non-hydrogen) atoms. The van der Waals surface area contributed by atoms with Crippen LogP contribution in [0, 0.1) is 29.1 Å². The van der Waals surface area contributed by atoms with Gasteiger partial charge in [-0.2, -0.15) is 0 Å². The first kappa shape index (κ1) is 16.5. The lowest BCUT2D eigenvalue weighted by Gasteiger charge is -2.39. The second-order valence-corrected chi connectivity index (χ2v) is 7.88. The Kier molecular flexibility index (Phi) is 5.11. The summed E-state index contributed by atoms with van der Waals surface area (Å²) in [7, 11) is 0. The van der Waals surface area contributed by atoms with Crippen LogP contribution in [0.2, 0.25) is 0 Å². The van der Waals surface area contributed by atoms with Crippen molar-refractivity contribution in [3.05, 3.63) is 23.3 Å². The van der Waals surface area contributed by atoms with Crippen molar-refractivity contribution in [3.8, 4) is 0 Å². The van der Waals surface area contributed by atoms with E-state index in [4.69, 9.17) is 0 Å². The molecule has 0 bridgehead atoms. The molecule has 4 atom stereocenters. The summed E-state index contributed by atoms with van der Waals surface area (Å²) in [6.45, 7) is 11.7. The molecule has 0 aromatic rings. The van der Waals surface area contributed by atoms with Crippen molar-refractivity contribution >= 4 is 6.29 Å². The second-order valence-electron chi connectivity index (χ2n) is 7.88. The van der Waals surface area contributed by atoms with E-state index in [0.717, 1.165) is 24.7 Å². The Hall–Kier alpha value is -0.850. The molecule has 0 spiro atoms. The standard InChI is InChI=1S/C20H32O/c1-14(2)15(3)8-9-16(4)18-10-11-19-17(13-21)7-6-12-20(18,19)5/h8-9,13-16,18H,6-7,10-12H2,1-5H3/b9-8+/t15-,16+,18?,20?/m0/s1. The Morgan fingerprint density at radius 1 is 1.14 bits per heavy atom. The fourth-order valence-electron chi connectivity index (χ4n) is 4.47. The minimum Gasteiger partial charge on any atom is -0.298 e. The molecule has 0 N–H and O–H groups in total. The van der Waals surface area contributed by atoms with Gasteiger partial charge in [0.15, 0.2) is 0 Å². The number of fused-ring (bicyclic) bond motifs is 1. The van der Waals surface area contributed by atoms with Crippen molar-refractivity contribution < 1.29 is 4.79 Å². The fourth-order valence-corrected chi connectivity index (χ4v) is 4.47. The SMILES string of the molecule is CC(C)[C@@H](C)/C=C/[C@@H](C)C1CCC2=C(C=O)CCCC21C. The molecule has 0 heterocycles. The number of carbonyl (C=O) groups excluding carboxylic acids is 1. The van der Waals surface area contributed by atoms with Gasteiger partial charge in [0.05, 0.1) is 0 Å². The van der Waals surface area contributed by atoms with Crippen molar-refractivity contribution in [2.75, 3.05) is 0 Å². The summed E-state index contributed by atoms with van der Waals surface area (Å²) < 4.78 is 0. The summed E-state index contributed by atoms with van der Waals surface area (Å²) in [5, 5.41) is 0. The molecule has 2 aliphatic rings. The zero-order valence-corrected chi connectivity index (χ0v) is 14.5. The molecule has 1 saturated carbocycles. The Morgan fingerprint density at radius 2 is 1.86 bits per heavy atom. The molecule has 0 saturated heterocycles. The third kappa shape index (κ3) is 3.17. The van der Waals surface area contributed by atoms with E-state index in [1.807, 2.05) is 0 Å². The minimum atomic E-state index is 0.277. The van der Waals surface area contributed by atoms with Crippen LogP contribution >= 0.6 is 0 Å². The third-order valence-electron chi connectivity index (χ3n) is 6.29. The number of allylic oxidation sites excluding steroid dienone is 4. The normalized spacial score (nSPS) is 32.6. The predicted molar refractivity (Wildman–Crippen MR) is 90.1 cm³/mol. The maximum atomic E-state index is 11.3. The molecule has 0 aromatic heterocycles. The smallest absolute Gasteiger partial charge is 0.145 e. The van der Waals surface area contributed by atoms with Crippen LogP contribution in [0.1, 0.15) is 66.7 Å². The lowest BCUT2D eigenvalue weighted by molar-refractivity contribution is -0.105. The van der Waals surface area contributed by atoms with Gasteiger partial charge in [0.1, 0.15) is 6.29 Å². The minimum absolute atomic E-state index is 0.277. The lowest BCUT2D eigenvalue weighted by atomic mass is 9.65. The van der Waals surface area contributed by atoms with Crippen LogP contribution in [0.25, 0.3) is 0 Å². The van der Waals surface area contributed by atoms with E-state index in [0.29, 0.717) is 23.7 Å². The highest BCUT2D eigenvalue weighted by molar-refractivity contribution is 5.75. The Balaban J connectivity index is 2.16. The van der Waals surface area contributed by atoms with E-state index < -0.39 is 0 Å². The average molecular weight is 288 g/mol. The van der Waals surface area contributed by atoms with Crippen molar-refractivity contribution in [2.45, 2.75) is 66.7 Å². The molecule has 2 rings (SSSR count). The van der Waals surface area contributed by atoms with Crippen molar-refractivity contribution in [1.82, 2.24) is 0 Å². The first-order chi connectivity index (χ1) is 9.90. The number of rotatable bonds is 5. The van der Waals surface area contributed by atoms with E-state index in [-0.39, 0.29) is 5.41 Å². The fraction of sp³-hybridized carbons (Fsp3) is 0.750. The van der Waals surface area contributed by atoms with Crippen molar-refractivity contribution in [3.63, 3.8) is 0 Å². The largest absolute Gasteiger partial charge is 0.298 e. The summed E-state index contributed by atoms with van der Waals surface area (Å²) in [4.78, 5) is 11.3. The summed E-state index contributed by atoms with van der Waals surface area (Å²) in [5.41, 5.74) is 2.89. The van der Waals surface area contributed by atoms with E-state index in [1.165, 1.54) is 24.8 Å². The van der Waals surface area contributed by atoms with E-state index in [2.05, 4.69) is 46.8 Å². The number of hydrogen-bond donors (Lipinski definition) is 0. The third-order valence-corrected chi connectivity index (χ3v) is 6.29. The van der Waals surface area contributed by atoms with Gasteiger partial charge in [0, 0.05) is 0 Å². The van der Waals surface area contributed by atoms with Gasteiger partial charge in [-0.15, -0.1) is 0 Å². The molecule has 0 amide bonds. The molecule has 2 aliphatic carbocycles. The average Bonchev–Trinajstić information content (AvgIpc) is 2.81. The first-order valence-electron chi connectivity index (χ1n) is 8.76. The Bertz CT molecular complexity index is 443. The number of carbonyl (C=O) groups is 1. The lowest BCUT2D eigenvalue weighted by Crippen LogP contribution is -2.30. The molecule has 2 unspecified atom stereocenters. The molecule has 0 aliphatic heterocycles. The highest BCUT2D eigenvalue weighted by Gasteiger charge is 2.46. The molecule has 1 heteroatoms. The van der Waals surface area contributed by atoms with E-state index >= 15 is 0 Å². The molecule has 0 radical (unpaired) electrons. The Morgan fingerprint density at radius 3 is 2.48 bits per heavy atom. The van der Waals surface area contributed by atoms with Crippen LogP contribution in [0.15, 0.2) is 23.3 Å². The predicted octanol–water partition coefficient (Wildman–Crippen LogP) is 5.57. The van der Waals surface area contributed by atoms with Gasteiger partial charge < -0.3 is 0 Å². The van der Waals surface area contributed by atoms with Crippen LogP contribution in [-0.2, 0) is 4.79 Å². The molecule has 1 fully saturated rings. The Labute approximate surface area is 130 Å². The van der Waals surface area contributed by atoms with Crippen LogP contribution in [0.3, 0.4) is 0 Å². The van der Waals surface area contributed by atoms with Gasteiger partial charge in [-0.25, -0.2) is 0 Å². The van der Waals surface area contributed by atoms with Gasteiger partial charge in [-0.1, -0.05) is 52.3 Å². The van der Waals surface area contributed by atoms with Gasteiger partial charge in [-0.3, -0.25) is 4.79 Å².